The summed E-state index contributed by atoms with van der Waals surface area (Å²) in [7, 11) is 0. The maximum Gasteiger partial charge on any atom is 0.339 e. The zero-order valence-corrected chi connectivity index (χ0v) is 9.82. The van der Waals surface area contributed by atoms with Crippen molar-refractivity contribution in [2.45, 2.75) is 0 Å². The van der Waals surface area contributed by atoms with Crippen LogP contribution in [0.25, 0.3) is 16.9 Å². The van der Waals surface area contributed by atoms with Crippen molar-refractivity contribution >= 4 is 11.6 Å². The molecular weight excluding hydrogens is 244 g/mol. The number of nitrogens with zero attached hydrogens (tertiary/aromatic N) is 2. The highest BCUT2D eigenvalue weighted by Crippen LogP contribution is 2.23. The summed E-state index contributed by atoms with van der Waals surface area (Å²) in [6.07, 6.45) is 3.47. The van der Waals surface area contributed by atoms with E-state index in [2.05, 4.69) is 4.98 Å². The van der Waals surface area contributed by atoms with Gasteiger partial charge in [-0.1, -0.05) is 12.1 Å². The van der Waals surface area contributed by atoms with Gasteiger partial charge < -0.3 is 14.6 Å². The fourth-order valence-electron chi connectivity index (χ4n) is 1.98. The van der Waals surface area contributed by atoms with Crippen LogP contribution in [0.2, 0.25) is 0 Å². The highest BCUT2D eigenvalue weighted by molar-refractivity contribution is 5.94. The molecule has 19 heavy (non-hydrogen) atoms. The molecule has 0 saturated heterocycles. The first-order valence-electron chi connectivity index (χ1n) is 5.65. The number of hydrogen-bond acceptors (Lipinski definition) is 3. The lowest BCUT2D eigenvalue weighted by Crippen LogP contribution is -1.99. The predicted octanol–water partition coefficient (Wildman–Crippen LogP) is 2.41. The smallest absolute Gasteiger partial charge is 0.339 e. The summed E-state index contributed by atoms with van der Waals surface area (Å²) in [5.41, 5.74) is 1.88. The second-order valence-corrected chi connectivity index (χ2v) is 4.13. The van der Waals surface area contributed by atoms with Crippen LogP contribution < -0.4 is 0 Å². The minimum Gasteiger partial charge on any atom is -0.508 e. The summed E-state index contributed by atoms with van der Waals surface area (Å²) in [5.74, 6) is -0.869. The van der Waals surface area contributed by atoms with Crippen LogP contribution in [0, 0.1) is 0 Å². The van der Waals surface area contributed by atoms with E-state index < -0.39 is 5.97 Å². The number of aromatic carboxylic acids is 1. The van der Waals surface area contributed by atoms with Gasteiger partial charge >= 0.3 is 5.97 Å². The molecule has 5 nitrogen and oxygen atoms in total. The van der Waals surface area contributed by atoms with E-state index in [9.17, 15) is 9.90 Å². The summed E-state index contributed by atoms with van der Waals surface area (Å²) in [6.45, 7) is 0. The number of aromatic nitrogens is 2. The monoisotopic (exact) mass is 254 g/mol. The maximum atomic E-state index is 11.1. The predicted molar refractivity (Wildman–Crippen MR) is 69.3 cm³/mol. The van der Waals surface area contributed by atoms with Gasteiger partial charge in [0.2, 0.25) is 0 Å². The molecule has 94 valence electrons. The molecule has 0 radical (unpaired) electrons. The Morgan fingerprint density at radius 3 is 2.79 bits per heavy atom. The molecule has 3 rings (SSSR count). The molecule has 0 amide bonds. The Labute approximate surface area is 108 Å². The molecule has 2 heterocycles. The largest absolute Gasteiger partial charge is 0.508 e. The molecule has 0 aliphatic rings. The summed E-state index contributed by atoms with van der Waals surface area (Å²) in [5, 5.41) is 18.6. The van der Waals surface area contributed by atoms with Crippen LogP contribution in [0.3, 0.4) is 0 Å². The number of carboxylic acids is 1. The first-order chi connectivity index (χ1) is 9.15. The second-order valence-electron chi connectivity index (χ2n) is 4.13. The van der Waals surface area contributed by atoms with Gasteiger partial charge in [-0.2, -0.15) is 0 Å². The van der Waals surface area contributed by atoms with Gasteiger partial charge in [-0.3, -0.25) is 0 Å². The second kappa shape index (κ2) is 4.13. The van der Waals surface area contributed by atoms with Crippen molar-refractivity contribution in [2.75, 3.05) is 0 Å². The molecule has 0 spiro atoms. The van der Waals surface area contributed by atoms with Gasteiger partial charge in [0.1, 0.15) is 11.3 Å². The molecule has 0 bridgehead atoms. The Hall–Kier alpha value is -2.82. The number of rotatable bonds is 2. The molecule has 5 heteroatoms. The summed E-state index contributed by atoms with van der Waals surface area (Å²) in [4.78, 5) is 15.4. The number of carboxylic acid groups (broad SMARTS) is 1. The average molecular weight is 254 g/mol. The highest BCUT2D eigenvalue weighted by atomic mass is 16.4. The Balaban J connectivity index is 2.22. The zero-order chi connectivity index (χ0) is 13.4. The van der Waals surface area contributed by atoms with Gasteiger partial charge in [0.25, 0.3) is 0 Å². The average Bonchev–Trinajstić information content (AvgIpc) is 2.82. The van der Waals surface area contributed by atoms with Crippen LogP contribution in [0.5, 0.6) is 5.75 Å². The Morgan fingerprint density at radius 1 is 1.21 bits per heavy atom. The van der Waals surface area contributed by atoms with Crippen LogP contribution in [-0.4, -0.2) is 25.6 Å². The van der Waals surface area contributed by atoms with Crippen molar-refractivity contribution in [2.24, 2.45) is 0 Å². The number of phenols is 1. The zero-order valence-electron chi connectivity index (χ0n) is 9.82. The third-order valence-corrected chi connectivity index (χ3v) is 2.86. The van der Waals surface area contributed by atoms with Crippen LogP contribution >= 0.6 is 0 Å². The fourth-order valence-corrected chi connectivity index (χ4v) is 1.98. The molecule has 0 aliphatic carbocycles. The molecule has 0 fully saturated rings. The third kappa shape index (κ3) is 1.91. The molecule has 2 aromatic heterocycles. The SMILES string of the molecule is O=C(O)c1cccn2cc(-c3cccc(O)c3)nc12. The van der Waals surface area contributed by atoms with E-state index in [0.29, 0.717) is 11.3 Å². The number of fused-ring (bicyclic) bond motifs is 1. The lowest BCUT2D eigenvalue weighted by molar-refractivity contribution is 0.0698. The first-order valence-corrected chi connectivity index (χ1v) is 5.65. The van der Waals surface area contributed by atoms with E-state index in [1.165, 1.54) is 6.07 Å². The molecule has 2 N–H and O–H groups in total. The van der Waals surface area contributed by atoms with Crippen LogP contribution in [0.4, 0.5) is 0 Å². The normalized spacial score (nSPS) is 10.7. The number of carbonyl (C=O) groups is 1. The van der Waals surface area contributed by atoms with Crippen molar-refractivity contribution in [1.82, 2.24) is 9.38 Å². The van der Waals surface area contributed by atoms with Crippen molar-refractivity contribution in [3.05, 3.63) is 54.4 Å². The Bertz CT molecular complexity index is 777. The van der Waals surface area contributed by atoms with E-state index >= 15 is 0 Å². The Kier molecular flexibility index (Phi) is 2.45. The summed E-state index contributed by atoms with van der Waals surface area (Å²) in [6, 6.07) is 9.85. The fraction of sp³-hybridized carbons (Fsp3) is 0. The first kappa shape index (κ1) is 11.3. The van der Waals surface area contributed by atoms with Gasteiger partial charge in [-0.25, -0.2) is 9.78 Å². The van der Waals surface area contributed by atoms with Gasteiger partial charge in [0, 0.05) is 18.0 Å². The van der Waals surface area contributed by atoms with Gasteiger partial charge in [0.05, 0.1) is 5.69 Å². The van der Waals surface area contributed by atoms with Crippen LogP contribution in [0.15, 0.2) is 48.8 Å². The number of pyridine rings is 1. The van der Waals surface area contributed by atoms with E-state index in [1.807, 2.05) is 6.07 Å². The molecule has 0 saturated carbocycles. The summed E-state index contributed by atoms with van der Waals surface area (Å²) < 4.78 is 1.66. The molecule has 1 aromatic carbocycles. The van der Waals surface area contributed by atoms with Gasteiger partial charge in [0.15, 0.2) is 5.65 Å². The van der Waals surface area contributed by atoms with Gasteiger partial charge in [-0.15, -0.1) is 0 Å². The molecular formula is C14H10N2O3. The van der Waals surface area contributed by atoms with E-state index in [-0.39, 0.29) is 11.3 Å². The maximum absolute atomic E-state index is 11.1. The van der Waals surface area contributed by atoms with Crippen molar-refractivity contribution in [1.29, 1.82) is 0 Å². The topological polar surface area (TPSA) is 74.8 Å². The van der Waals surface area contributed by atoms with E-state index in [0.717, 1.165) is 5.56 Å². The number of hydrogen-bond donors (Lipinski definition) is 2. The van der Waals surface area contributed by atoms with Crippen LogP contribution in [0.1, 0.15) is 10.4 Å². The van der Waals surface area contributed by atoms with Crippen molar-refractivity contribution in [3.8, 4) is 17.0 Å². The van der Waals surface area contributed by atoms with Crippen LogP contribution in [-0.2, 0) is 0 Å². The lowest BCUT2D eigenvalue weighted by atomic mass is 10.1. The standard InChI is InChI=1S/C14H10N2O3/c17-10-4-1-3-9(7-10)12-8-16-6-2-5-11(14(18)19)13(16)15-12/h1-8,17H,(H,18,19). The number of aromatic hydroxyl groups is 1. The lowest BCUT2D eigenvalue weighted by Gasteiger charge is -1.96. The molecule has 0 atom stereocenters. The highest BCUT2D eigenvalue weighted by Gasteiger charge is 2.12. The molecule has 0 unspecified atom stereocenters. The minimum absolute atomic E-state index is 0.146. The summed E-state index contributed by atoms with van der Waals surface area (Å²) >= 11 is 0. The minimum atomic E-state index is -1.02. The third-order valence-electron chi connectivity index (χ3n) is 2.86. The molecule has 0 aliphatic heterocycles. The van der Waals surface area contributed by atoms with Gasteiger partial charge in [-0.05, 0) is 24.3 Å². The Morgan fingerprint density at radius 2 is 2.05 bits per heavy atom. The van der Waals surface area contributed by atoms with Crippen molar-refractivity contribution < 1.29 is 15.0 Å². The number of imidazole rings is 1. The van der Waals surface area contributed by atoms with E-state index in [1.54, 1.807) is 41.1 Å². The van der Waals surface area contributed by atoms with E-state index in [4.69, 9.17) is 5.11 Å². The number of phenolic OH excluding ortho intramolecular Hbond substituents is 1. The number of benzene rings is 1. The van der Waals surface area contributed by atoms with Crippen molar-refractivity contribution in [3.63, 3.8) is 0 Å². The molecule has 3 aromatic rings. The quantitative estimate of drug-likeness (QED) is 0.736.